The van der Waals surface area contributed by atoms with E-state index in [2.05, 4.69) is 4.74 Å². The zero-order valence-electron chi connectivity index (χ0n) is 7.65. The van der Waals surface area contributed by atoms with Gasteiger partial charge in [0.2, 0.25) is 0 Å². The topological polar surface area (TPSA) is 54.0 Å². The van der Waals surface area contributed by atoms with Gasteiger partial charge in [-0.25, -0.2) is 0 Å². The van der Waals surface area contributed by atoms with Crippen LogP contribution in [0.2, 0.25) is 0 Å². The predicted molar refractivity (Wildman–Crippen MR) is 43.1 cm³/mol. The summed E-state index contributed by atoms with van der Waals surface area (Å²) in [6.45, 7) is 1.74. The van der Waals surface area contributed by atoms with Gasteiger partial charge >= 0.3 is 5.97 Å². The maximum atomic E-state index is 10.6. The number of carbonyl (C=O) groups excluding carboxylic acids is 1. The normalized spacial score (nSPS) is 21.8. The molecule has 0 aromatic rings. The van der Waals surface area contributed by atoms with E-state index in [4.69, 9.17) is 14.2 Å². The van der Waals surface area contributed by atoms with Crippen molar-refractivity contribution in [3.63, 3.8) is 0 Å². The van der Waals surface area contributed by atoms with E-state index in [0.717, 1.165) is 0 Å². The van der Waals surface area contributed by atoms with E-state index >= 15 is 0 Å². The Bertz CT molecular complexity index is 153. The Labute approximate surface area is 76.9 Å². The molecule has 5 heteroatoms. The molecule has 1 aliphatic rings. The van der Waals surface area contributed by atoms with E-state index < -0.39 is 0 Å². The van der Waals surface area contributed by atoms with Crippen molar-refractivity contribution >= 4 is 5.97 Å². The number of hydrogen-bond donors (Lipinski definition) is 0. The molecule has 0 aliphatic carbocycles. The molecule has 13 heavy (non-hydrogen) atoms. The van der Waals surface area contributed by atoms with Gasteiger partial charge in [0.1, 0.15) is 12.9 Å². The first-order chi connectivity index (χ1) is 6.33. The Kier molecular flexibility index (Phi) is 4.74. The summed E-state index contributed by atoms with van der Waals surface area (Å²) in [6, 6.07) is 0. The standard InChI is InChI=1S/C8H14O5/c1-10-8(9)2-3-11-4-7-5-12-6-13-7/h7H,2-6H2,1H3. The Morgan fingerprint density at radius 1 is 1.62 bits per heavy atom. The summed E-state index contributed by atoms with van der Waals surface area (Å²) in [4.78, 5) is 10.6. The monoisotopic (exact) mass is 190 g/mol. The minimum Gasteiger partial charge on any atom is -0.469 e. The van der Waals surface area contributed by atoms with Crippen LogP contribution in [0.25, 0.3) is 0 Å². The zero-order chi connectivity index (χ0) is 9.52. The number of carbonyl (C=O) groups is 1. The van der Waals surface area contributed by atoms with Gasteiger partial charge in [-0.05, 0) is 0 Å². The van der Waals surface area contributed by atoms with Crippen LogP contribution in [0.4, 0.5) is 0 Å². The second-order valence-electron chi connectivity index (χ2n) is 2.68. The molecule has 0 aromatic carbocycles. The third kappa shape index (κ3) is 4.21. The van der Waals surface area contributed by atoms with Crippen molar-refractivity contribution in [2.45, 2.75) is 12.5 Å². The van der Waals surface area contributed by atoms with Gasteiger partial charge in [-0.2, -0.15) is 0 Å². The molecule has 1 aliphatic heterocycles. The van der Waals surface area contributed by atoms with Crippen LogP contribution in [0.5, 0.6) is 0 Å². The lowest BCUT2D eigenvalue weighted by Crippen LogP contribution is -2.18. The van der Waals surface area contributed by atoms with E-state index in [1.165, 1.54) is 7.11 Å². The van der Waals surface area contributed by atoms with Gasteiger partial charge in [0.05, 0.1) is 33.4 Å². The highest BCUT2D eigenvalue weighted by molar-refractivity contribution is 5.69. The van der Waals surface area contributed by atoms with Crippen LogP contribution < -0.4 is 0 Å². The van der Waals surface area contributed by atoms with Crippen molar-refractivity contribution in [3.05, 3.63) is 0 Å². The maximum Gasteiger partial charge on any atom is 0.307 e. The summed E-state index contributed by atoms with van der Waals surface area (Å²) in [5, 5.41) is 0. The Morgan fingerprint density at radius 3 is 3.08 bits per heavy atom. The lowest BCUT2D eigenvalue weighted by molar-refractivity contribution is -0.142. The molecule has 76 valence electrons. The van der Waals surface area contributed by atoms with Crippen LogP contribution in [0.1, 0.15) is 6.42 Å². The van der Waals surface area contributed by atoms with E-state index in [9.17, 15) is 4.79 Å². The summed E-state index contributed by atoms with van der Waals surface area (Å²) >= 11 is 0. The zero-order valence-corrected chi connectivity index (χ0v) is 7.65. The van der Waals surface area contributed by atoms with E-state index in [1.807, 2.05) is 0 Å². The van der Waals surface area contributed by atoms with Gasteiger partial charge in [-0.15, -0.1) is 0 Å². The number of hydrogen-bond acceptors (Lipinski definition) is 5. The minimum atomic E-state index is -0.261. The molecular formula is C8H14O5. The number of ether oxygens (including phenoxy) is 4. The Hall–Kier alpha value is -0.650. The van der Waals surface area contributed by atoms with Gasteiger partial charge in [0.15, 0.2) is 0 Å². The van der Waals surface area contributed by atoms with Crippen molar-refractivity contribution in [1.29, 1.82) is 0 Å². The van der Waals surface area contributed by atoms with Crippen LogP contribution >= 0.6 is 0 Å². The second-order valence-corrected chi connectivity index (χ2v) is 2.68. The lowest BCUT2D eigenvalue weighted by Gasteiger charge is -2.07. The van der Waals surface area contributed by atoms with Crippen LogP contribution in [0.15, 0.2) is 0 Å². The minimum absolute atomic E-state index is 0.0117. The highest BCUT2D eigenvalue weighted by Crippen LogP contribution is 2.03. The first-order valence-electron chi connectivity index (χ1n) is 4.17. The van der Waals surface area contributed by atoms with Crippen molar-refractivity contribution in [1.82, 2.24) is 0 Å². The summed E-state index contributed by atoms with van der Waals surface area (Å²) in [5.74, 6) is -0.261. The van der Waals surface area contributed by atoms with Crippen molar-refractivity contribution < 1.29 is 23.7 Å². The molecule has 0 bridgehead atoms. The lowest BCUT2D eigenvalue weighted by atomic mass is 10.4. The molecule has 0 spiro atoms. The van der Waals surface area contributed by atoms with Crippen molar-refractivity contribution in [2.75, 3.05) is 33.7 Å². The molecule has 1 unspecified atom stereocenters. The molecule has 0 amide bonds. The first kappa shape index (κ1) is 10.4. The summed E-state index contributed by atoms with van der Waals surface area (Å²) in [5.41, 5.74) is 0. The molecular weight excluding hydrogens is 176 g/mol. The number of methoxy groups -OCH3 is 1. The van der Waals surface area contributed by atoms with Crippen LogP contribution in [0.3, 0.4) is 0 Å². The summed E-state index contributed by atoms with van der Waals surface area (Å²) in [6.07, 6.45) is 0.294. The fourth-order valence-corrected chi connectivity index (χ4v) is 0.941. The largest absolute Gasteiger partial charge is 0.469 e. The second kappa shape index (κ2) is 5.90. The average molecular weight is 190 g/mol. The van der Waals surface area contributed by atoms with Gasteiger partial charge in [0.25, 0.3) is 0 Å². The first-order valence-corrected chi connectivity index (χ1v) is 4.17. The number of esters is 1. The summed E-state index contributed by atoms with van der Waals surface area (Å²) < 4.78 is 19.7. The predicted octanol–water partition coefficient (Wildman–Crippen LogP) is -0.0610. The molecule has 1 saturated heterocycles. The van der Waals surface area contributed by atoms with Crippen molar-refractivity contribution in [3.8, 4) is 0 Å². The molecule has 0 radical (unpaired) electrons. The van der Waals surface area contributed by atoms with Crippen molar-refractivity contribution in [2.24, 2.45) is 0 Å². The quantitative estimate of drug-likeness (QED) is 0.449. The van der Waals surface area contributed by atoms with E-state index in [0.29, 0.717) is 26.6 Å². The molecule has 1 rings (SSSR count). The third-order valence-electron chi connectivity index (χ3n) is 1.67. The van der Waals surface area contributed by atoms with Gasteiger partial charge < -0.3 is 18.9 Å². The fourth-order valence-electron chi connectivity index (χ4n) is 0.941. The molecule has 0 saturated carbocycles. The Balaban J connectivity index is 1.91. The average Bonchev–Trinajstić information content (AvgIpc) is 2.64. The highest BCUT2D eigenvalue weighted by atomic mass is 16.7. The summed E-state index contributed by atoms with van der Waals surface area (Å²) in [7, 11) is 1.36. The van der Waals surface area contributed by atoms with Crippen LogP contribution in [-0.2, 0) is 23.7 Å². The molecule has 0 aromatic heterocycles. The Morgan fingerprint density at radius 2 is 2.46 bits per heavy atom. The SMILES string of the molecule is COC(=O)CCOCC1COCO1. The van der Waals surface area contributed by atoms with Crippen LogP contribution in [-0.4, -0.2) is 45.8 Å². The number of rotatable bonds is 5. The third-order valence-corrected chi connectivity index (χ3v) is 1.67. The molecule has 1 fully saturated rings. The van der Waals surface area contributed by atoms with Crippen LogP contribution in [0, 0.1) is 0 Å². The smallest absolute Gasteiger partial charge is 0.307 e. The van der Waals surface area contributed by atoms with Gasteiger partial charge in [-0.3, -0.25) is 4.79 Å². The highest BCUT2D eigenvalue weighted by Gasteiger charge is 2.15. The molecule has 0 N–H and O–H groups in total. The molecule has 1 heterocycles. The maximum absolute atomic E-state index is 10.6. The molecule has 1 atom stereocenters. The van der Waals surface area contributed by atoms with Gasteiger partial charge in [0, 0.05) is 0 Å². The molecule has 5 nitrogen and oxygen atoms in total. The van der Waals surface area contributed by atoms with E-state index in [-0.39, 0.29) is 18.5 Å². The van der Waals surface area contributed by atoms with Gasteiger partial charge in [-0.1, -0.05) is 0 Å². The fraction of sp³-hybridized carbons (Fsp3) is 0.875. The van der Waals surface area contributed by atoms with E-state index in [1.54, 1.807) is 0 Å².